The van der Waals surface area contributed by atoms with E-state index in [0.29, 0.717) is 6.42 Å². The van der Waals surface area contributed by atoms with Crippen LogP contribution in [0.15, 0.2) is 22.5 Å². The number of carbonyl (C=O) groups is 2. The summed E-state index contributed by atoms with van der Waals surface area (Å²) in [5.41, 5.74) is 0. The molecule has 0 spiro atoms. The van der Waals surface area contributed by atoms with Crippen LogP contribution in [0.25, 0.3) is 0 Å². The molecule has 62 valence electrons. The maximum absolute atomic E-state index is 11.2. The third-order valence-corrected chi connectivity index (χ3v) is 3.90. The third kappa shape index (κ3) is 1.36. The average Bonchev–Trinajstić information content (AvgIpc) is 2.58. The van der Waals surface area contributed by atoms with Crippen molar-refractivity contribution in [2.24, 2.45) is 0 Å². The van der Waals surface area contributed by atoms with Gasteiger partial charge in [-0.3, -0.25) is 9.59 Å². The summed E-state index contributed by atoms with van der Waals surface area (Å²) in [5.74, 6) is 0.105. The molecule has 0 aromatic rings. The van der Waals surface area contributed by atoms with E-state index in [1.54, 1.807) is 11.5 Å². The Bertz CT molecular complexity index is 304. The minimum Gasteiger partial charge on any atom is -0.293 e. The fourth-order valence-corrected chi connectivity index (χ4v) is 3.05. The molecular formula is C8H6O2S2. The van der Waals surface area contributed by atoms with E-state index in [2.05, 4.69) is 0 Å². The Balaban J connectivity index is 2.12. The largest absolute Gasteiger partial charge is 0.293 e. The Morgan fingerprint density at radius 3 is 2.75 bits per heavy atom. The lowest BCUT2D eigenvalue weighted by Crippen LogP contribution is -2.10. The van der Waals surface area contributed by atoms with E-state index in [-0.39, 0.29) is 16.1 Å². The molecule has 1 atom stereocenters. The first-order valence-electron chi connectivity index (χ1n) is 3.54. The molecular weight excluding hydrogens is 192 g/mol. The van der Waals surface area contributed by atoms with E-state index >= 15 is 0 Å². The van der Waals surface area contributed by atoms with Gasteiger partial charge in [-0.05, 0) is 11.5 Å². The summed E-state index contributed by atoms with van der Waals surface area (Å²) >= 11 is 2.69. The van der Waals surface area contributed by atoms with Gasteiger partial charge in [-0.2, -0.15) is 0 Å². The second-order valence-corrected chi connectivity index (χ2v) is 4.65. The molecule has 0 saturated heterocycles. The van der Waals surface area contributed by atoms with Gasteiger partial charge in [0.25, 0.3) is 0 Å². The monoisotopic (exact) mass is 198 g/mol. The van der Waals surface area contributed by atoms with E-state index in [1.807, 2.05) is 6.08 Å². The molecule has 0 aliphatic carbocycles. The summed E-state index contributed by atoms with van der Waals surface area (Å²) in [7, 11) is 0. The minimum atomic E-state index is -0.124. The molecule has 2 rings (SSSR count). The van der Waals surface area contributed by atoms with Crippen molar-refractivity contribution in [3.05, 3.63) is 22.5 Å². The Hall–Kier alpha value is -0.480. The zero-order valence-corrected chi connectivity index (χ0v) is 7.78. The van der Waals surface area contributed by atoms with Crippen molar-refractivity contribution in [1.82, 2.24) is 0 Å². The molecule has 1 unspecified atom stereocenters. The van der Waals surface area contributed by atoms with Crippen LogP contribution in [0, 0.1) is 0 Å². The quantitative estimate of drug-likeness (QED) is 0.642. The summed E-state index contributed by atoms with van der Waals surface area (Å²) < 4.78 is 0. The van der Waals surface area contributed by atoms with Crippen LogP contribution in [0.3, 0.4) is 0 Å². The van der Waals surface area contributed by atoms with E-state index in [4.69, 9.17) is 0 Å². The van der Waals surface area contributed by atoms with Crippen LogP contribution in [-0.2, 0) is 9.59 Å². The Labute approximate surface area is 78.5 Å². The lowest BCUT2D eigenvalue weighted by atomic mass is 10.2. The number of hydrogen-bond donors (Lipinski definition) is 0. The van der Waals surface area contributed by atoms with Crippen molar-refractivity contribution in [3.8, 4) is 0 Å². The first kappa shape index (κ1) is 8.13. The molecule has 0 amide bonds. The molecule has 2 heterocycles. The maximum Gasteiger partial charge on any atom is 0.197 e. The molecule has 2 aliphatic heterocycles. The zero-order chi connectivity index (χ0) is 8.55. The van der Waals surface area contributed by atoms with Gasteiger partial charge in [0.05, 0.1) is 0 Å². The van der Waals surface area contributed by atoms with Crippen LogP contribution in [-0.4, -0.2) is 16.1 Å². The second-order valence-electron chi connectivity index (χ2n) is 2.51. The van der Waals surface area contributed by atoms with Crippen LogP contribution in [0.5, 0.6) is 0 Å². The topological polar surface area (TPSA) is 34.1 Å². The molecule has 4 heteroatoms. The predicted molar refractivity (Wildman–Crippen MR) is 50.8 cm³/mol. The minimum absolute atomic E-state index is 0.105. The number of rotatable bonds is 1. The van der Waals surface area contributed by atoms with Crippen molar-refractivity contribution in [1.29, 1.82) is 0 Å². The molecule has 0 saturated carbocycles. The third-order valence-electron chi connectivity index (χ3n) is 1.67. The average molecular weight is 198 g/mol. The van der Waals surface area contributed by atoms with Crippen molar-refractivity contribution in [2.75, 3.05) is 0 Å². The van der Waals surface area contributed by atoms with Crippen molar-refractivity contribution in [3.63, 3.8) is 0 Å². The number of allylic oxidation sites excluding steroid dienone is 2. The molecule has 0 bridgehead atoms. The normalized spacial score (nSPS) is 28.3. The van der Waals surface area contributed by atoms with Crippen LogP contribution >= 0.6 is 23.5 Å². The highest BCUT2D eigenvalue weighted by Crippen LogP contribution is 2.38. The van der Waals surface area contributed by atoms with Crippen LogP contribution in [0.4, 0.5) is 0 Å². The van der Waals surface area contributed by atoms with Gasteiger partial charge in [0.1, 0.15) is 5.25 Å². The smallest absolute Gasteiger partial charge is 0.197 e. The summed E-state index contributed by atoms with van der Waals surface area (Å²) in [4.78, 5) is 23.0. The number of carbonyl (C=O) groups excluding carboxylic acids is 2. The fraction of sp³-hybridized carbons (Fsp3) is 0.250. The van der Waals surface area contributed by atoms with E-state index in [9.17, 15) is 9.59 Å². The molecule has 2 nitrogen and oxygen atoms in total. The van der Waals surface area contributed by atoms with E-state index in [1.165, 1.54) is 23.5 Å². The van der Waals surface area contributed by atoms with Gasteiger partial charge in [-0.25, -0.2) is 0 Å². The van der Waals surface area contributed by atoms with Crippen molar-refractivity contribution < 1.29 is 9.59 Å². The van der Waals surface area contributed by atoms with Crippen LogP contribution < -0.4 is 0 Å². The van der Waals surface area contributed by atoms with Gasteiger partial charge < -0.3 is 0 Å². The number of hydrogen-bond acceptors (Lipinski definition) is 4. The van der Waals surface area contributed by atoms with Crippen LogP contribution in [0.1, 0.15) is 6.42 Å². The lowest BCUT2D eigenvalue weighted by Gasteiger charge is -2.05. The predicted octanol–water partition coefficient (Wildman–Crippen LogP) is 1.73. The van der Waals surface area contributed by atoms with Gasteiger partial charge in [0.15, 0.2) is 10.9 Å². The van der Waals surface area contributed by atoms with Gasteiger partial charge in [-0.1, -0.05) is 17.8 Å². The standard InChI is InChI=1S/C8H6O2S2/c9-5-3-4-11-8(5)6-1-2-7(10)12-6/h1,3-4,8H,2H2. The van der Waals surface area contributed by atoms with Crippen LogP contribution in [0.2, 0.25) is 0 Å². The number of thioether (sulfide) groups is 2. The summed E-state index contributed by atoms with van der Waals surface area (Å²) in [5, 5.41) is 1.81. The van der Waals surface area contributed by atoms with Crippen molar-refractivity contribution in [2.45, 2.75) is 11.7 Å². The molecule has 0 aromatic carbocycles. The number of ketones is 1. The molecule has 2 aliphatic rings. The summed E-state index contributed by atoms with van der Waals surface area (Å²) in [6, 6.07) is 0. The highest BCUT2D eigenvalue weighted by atomic mass is 32.2. The molecule has 0 N–H and O–H groups in total. The lowest BCUT2D eigenvalue weighted by molar-refractivity contribution is -0.113. The Morgan fingerprint density at radius 1 is 1.42 bits per heavy atom. The highest BCUT2D eigenvalue weighted by Gasteiger charge is 2.29. The molecule has 0 fully saturated rings. The fourth-order valence-electron chi connectivity index (χ4n) is 1.11. The van der Waals surface area contributed by atoms with E-state index in [0.717, 1.165) is 4.91 Å². The van der Waals surface area contributed by atoms with Gasteiger partial charge in [0, 0.05) is 11.3 Å². The summed E-state index contributed by atoms with van der Waals surface area (Å²) in [6.07, 6.45) is 3.90. The highest BCUT2D eigenvalue weighted by molar-refractivity contribution is 8.18. The van der Waals surface area contributed by atoms with E-state index < -0.39 is 0 Å². The van der Waals surface area contributed by atoms with Crippen molar-refractivity contribution >= 4 is 34.4 Å². The molecule has 12 heavy (non-hydrogen) atoms. The van der Waals surface area contributed by atoms with Gasteiger partial charge in [0.2, 0.25) is 0 Å². The summed E-state index contributed by atoms with van der Waals surface area (Å²) in [6.45, 7) is 0. The van der Waals surface area contributed by atoms with Gasteiger partial charge in [-0.15, -0.1) is 11.8 Å². The maximum atomic E-state index is 11.2. The SMILES string of the molecule is O=C1CC=C(C2SC=CC2=O)S1. The molecule has 0 aromatic heterocycles. The Morgan fingerprint density at radius 2 is 2.25 bits per heavy atom. The Kier molecular flexibility index (Phi) is 2.11. The first-order valence-corrected chi connectivity index (χ1v) is 5.30. The zero-order valence-electron chi connectivity index (χ0n) is 6.15. The van der Waals surface area contributed by atoms with Gasteiger partial charge >= 0.3 is 0 Å². The first-order chi connectivity index (χ1) is 5.77. The molecule has 0 radical (unpaired) electrons. The second kappa shape index (κ2) is 3.11.